The predicted molar refractivity (Wildman–Crippen MR) is 127 cm³/mol. The van der Waals surface area contributed by atoms with E-state index in [2.05, 4.69) is 26.1 Å². The standard InChI is InChI=1S/C22H32F3N3O3.C3H8/c1-3-17(7-10-31-4-2)26-18-6-5-15(11-18)21(30)27-8-9-28-19(14-27)12-16(13-20(28)29)22(23,24)25;1-3-2/h12-13,15,17-18,26H,3-11,14H2,1-2H3;3H2,1-2H3/t15-,17+,18+;/m0./s1. The van der Waals surface area contributed by atoms with E-state index >= 15 is 0 Å². The number of nitrogens with one attached hydrogen (secondary N) is 1. The van der Waals surface area contributed by atoms with Gasteiger partial charge < -0.3 is 19.5 Å². The van der Waals surface area contributed by atoms with E-state index in [4.69, 9.17) is 4.74 Å². The van der Waals surface area contributed by atoms with Gasteiger partial charge in [0.15, 0.2) is 0 Å². The molecular formula is C25H40F3N3O3. The number of pyridine rings is 1. The lowest BCUT2D eigenvalue weighted by Crippen LogP contribution is -2.44. The van der Waals surface area contributed by atoms with Crippen molar-refractivity contribution in [1.29, 1.82) is 0 Å². The van der Waals surface area contributed by atoms with Gasteiger partial charge in [-0.15, -0.1) is 0 Å². The number of ether oxygens (including phenoxy) is 1. The quantitative estimate of drug-likeness (QED) is 0.545. The summed E-state index contributed by atoms with van der Waals surface area (Å²) < 4.78 is 46.0. The van der Waals surface area contributed by atoms with Crippen LogP contribution in [0.15, 0.2) is 16.9 Å². The molecule has 2 heterocycles. The van der Waals surface area contributed by atoms with Gasteiger partial charge in [0.05, 0.1) is 12.1 Å². The summed E-state index contributed by atoms with van der Waals surface area (Å²) >= 11 is 0. The lowest BCUT2D eigenvalue weighted by molar-refractivity contribution is -0.138. The molecule has 1 aliphatic carbocycles. The fraction of sp³-hybridized carbons (Fsp3) is 0.760. The Labute approximate surface area is 200 Å². The Kier molecular flexibility index (Phi) is 11.1. The van der Waals surface area contributed by atoms with Crippen molar-refractivity contribution in [3.8, 4) is 0 Å². The first-order valence-electron chi connectivity index (χ1n) is 12.6. The zero-order valence-electron chi connectivity index (χ0n) is 20.9. The molecule has 0 saturated heterocycles. The summed E-state index contributed by atoms with van der Waals surface area (Å²) in [6.45, 7) is 10.4. The highest BCUT2D eigenvalue weighted by molar-refractivity contribution is 5.79. The minimum Gasteiger partial charge on any atom is -0.382 e. The highest BCUT2D eigenvalue weighted by Gasteiger charge is 2.36. The Morgan fingerprint density at radius 3 is 2.50 bits per heavy atom. The van der Waals surface area contributed by atoms with Crippen molar-refractivity contribution in [2.75, 3.05) is 19.8 Å². The van der Waals surface area contributed by atoms with Crippen LogP contribution in [0.2, 0.25) is 0 Å². The van der Waals surface area contributed by atoms with Gasteiger partial charge in [0.25, 0.3) is 5.56 Å². The molecule has 34 heavy (non-hydrogen) atoms. The first-order chi connectivity index (χ1) is 16.1. The summed E-state index contributed by atoms with van der Waals surface area (Å²) in [7, 11) is 0. The number of rotatable bonds is 8. The van der Waals surface area contributed by atoms with Crippen LogP contribution in [0, 0.1) is 5.92 Å². The summed E-state index contributed by atoms with van der Waals surface area (Å²) in [5.74, 6) is -0.159. The molecule has 6 nitrogen and oxygen atoms in total. The zero-order chi connectivity index (χ0) is 25.3. The largest absolute Gasteiger partial charge is 0.416 e. The van der Waals surface area contributed by atoms with Gasteiger partial charge in [0.1, 0.15) is 0 Å². The van der Waals surface area contributed by atoms with Gasteiger partial charge in [-0.1, -0.05) is 27.2 Å². The second kappa shape index (κ2) is 13.3. The van der Waals surface area contributed by atoms with Crippen LogP contribution >= 0.6 is 0 Å². The number of carbonyl (C=O) groups is 1. The van der Waals surface area contributed by atoms with Crippen molar-refractivity contribution < 1.29 is 22.7 Å². The first kappa shape index (κ1) is 28.4. The van der Waals surface area contributed by atoms with Crippen molar-refractivity contribution in [2.24, 2.45) is 5.92 Å². The average molecular weight is 488 g/mol. The second-order valence-corrected chi connectivity index (χ2v) is 9.15. The van der Waals surface area contributed by atoms with Crippen molar-refractivity contribution >= 4 is 5.91 Å². The summed E-state index contributed by atoms with van der Waals surface area (Å²) in [5.41, 5.74) is -1.38. The number of hydrogen-bond donors (Lipinski definition) is 1. The van der Waals surface area contributed by atoms with Gasteiger partial charge in [-0.2, -0.15) is 13.2 Å². The van der Waals surface area contributed by atoms with E-state index in [0.717, 1.165) is 38.2 Å². The van der Waals surface area contributed by atoms with Crippen LogP contribution in [0.25, 0.3) is 0 Å². The van der Waals surface area contributed by atoms with Crippen LogP contribution in [0.5, 0.6) is 0 Å². The van der Waals surface area contributed by atoms with E-state index in [1.807, 2.05) is 6.92 Å². The number of alkyl halides is 3. The van der Waals surface area contributed by atoms with Crippen molar-refractivity contribution in [3.63, 3.8) is 0 Å². The Hall–Kier alpha value is -1.87. The molecule has 1 amide bonds. The number of hydrogen-bond acceptors (Lipinski definition) is 4. The number of carbonyl (C=O) groups excluding carboxylic acids is 1. The van der Waals surface area contributed by atoms with Crippen LogP contribution in [-0.4, -0.2) is 47.2 Å². The van der Waals surface area contributed by atoms with Crippen LogP contribution in [0.4, 0.5) is 13.2 Å². The summed E-state index contributed by atoms with van der Waals surface area (Å²) in [4.78, 5) is 26.7. The Bertz CT molecular complexity index is 841. The smallest absolute Gasteiger partial charge is 0.382 e. The van der Waals surface area contributed by atoms with Crippen molar-refractivity contribution in [3.05, 3.63) is 33.7 Å². The molecule has 0 aromatic carbocycles. The van der Waals surface area contributed by atoms with Gasteiger partial charge in [0.2, 0.25) is 5.91 Å². The van der Waals surface area contributed by atoms with Gasteiger partial charge in [-0.25, -0.2) is 0 Å². The lowest BCUT2D eigenvalue weighted by Gasteiger charge is -2.32. The van der Waals surface area contributed by atoms with Gasteiger partial charge >= 0.3 is 6.18 Å². The maximum atomic E-state index is 13.1. The SMILES string of the molecule is CCC.CCOCC[C@@H](CC)N[C@@H]1CC[C@H](C(=O)N2CCn3c(cc(C(F)(F)F)cc3=O)C2)C1. The Morgan fingerprint density at radius 1 is 1.18 bits per heavy atom. The summed E-state index contributed by atoms with van der Waals surface area (Å²) in [5, 5.41) is 3.64. The third-order valence-electron chi connectivity index (χ3n) is 6.36. The molecule has 0 bridgehead atoms. The molecule has 1 aromatic heterocycles. The van der Waals surface area contributed by atoms with Crippen LogP contribution in [0.3, 0.4) is 0 Å². The number of aromatic nitrogens is 1. The number of nitrogens with zero attached hydrogens (tertiary/aromatic N) is 2. The van der Waals surface area contributed by atoms with Crippen molar-refractivity contribution in [2.45, 2.75) is 97.6 Å². The Balaban J connectivity index is 0.00000129. The van der Waals surface area contributed by atoms with Gasteiger partial charge in [-0.3, -0.25) is 9.59 Å². The molecule has 194 valence electrons. The fourth-order valence-electron chi connectivity index (χ4n) is 4.61. The number of halogens is 3. The molecule has 3 rings (SSSR count). The molecule has 1 aliphatic heterocycles. The molecule has 1 fully saturated rings. The average Bonchev–Trinajstić information content (AvgIpc) is 3.26. The minimum absolute atomic E-state index is 0.0252. The molecule has 0 unspecified atom stereocenters. The molecule has 1 aromatic rings. The molecule has 9 heteroatoms. The minimum atomic E-state index is -4.58. The number of fused-ring (bicyclic) bond motifs is 1. The predicted octanol–water partition coefficient (Wildman–Crippen LogP) is 4.59. The maximum absolute atomic E-state index is 13.1. The highest BCUT2D eigenvalue weighted by Crippen LogP contribution is 2.31. The molecule has 0 spiro atoms. The summed E-state index contributed by atoms with van der Waals surface area (Å²) in [6.07, 6.45) is 0.993. The Morgan fingerprint density at radius 2 is 1.88 bits per heavy atom. The topological polar surface area (TPSA) is 63.6 Å². The maximum Gasteiger partial charge on any atom is 0.416 e. The normalized spacial score (nSPS) is 21.0. The fourth-order valence-corrected chi connectivity index (χ4v) is 4.61. The van der Waals surface area contributed by atoms with E-state index in [-0.39, 0.29) is 36.7 Å². The van der Waals surface area contributed by atoms with Crippen LogP contribution in [-0.2, 0) is 28.8 Å². The van der Waals surface area contributed by atoms with E-state index in [1.54, 1.807) is 4.90 Å². The second-order valence-electron chi connectivity index (χ2n) is 9.15. The lowest BCUT2D eigenvalue weighted by atomic mass is 10.0. The monoisotopic (exact) mass is 487 g/mol. The number of amides is 1. The van der Waals surface area contributed by atoms with E-state index in [0.29, 0.717) is 31.9 Å². The third kappa shape index (κ3) is 7.83. The van der Waals surface area contributed by atoms with Crippen molar-refractivity contribution in [1.82, 2.24) is 14.8 Å². The molecule has 1 saturated carbocycles. The molecule has 2 aliphatic rings. The van der Waals surface area contributed by atoms with Gasteiger partial charge in [0, 0.05) is 56.1 Å². The van der Waals surface area contributed by atoms with E-state index < -0.39 is 17.3 Å². The van der Waals surface area contributed by atoms with Crippen LogP contribution < -0.4 is 10.9 Å². The summed E-state index contributed by atoms with van der Waals surface area (Å²) in [6, 6.07) is 2.23. The van der Waals surface area contributed by atoms with E-state index in [1.165, 1.54) is 11.0 Å². The molecule has 0 radical (unpaired) electrons. The third-order valence-corrected chi connectivity index (χ3v) is 6.36. The molecular weight excluding hydrogens is 447 g/mol. The molecule has 1 N–H and O–H groups in total. The zero-order valence-corrected chi connectivity index (χ0v) is 20.9. The first-order valence-corrected chi connectivity index (χ1v) is 12.6. The van der Waals surface area contributed by atoms with Gasteiger partial charge in [-0.05, 0) is 45.1 Å². The highest BCUT2D eigenvalue weighted by atomic mass is 19.4. The van der Waals surface area contributed by atoms with E-state index in [9.17, 15) is 22.8 Å². The van der Waals surface area contributed by atoms with Crippen LogP contribution in [0.1, 0.15) is 77.5 Å². The molecule has 3 atom stereocenters.